The number of benzene rings is 1. The molecule has 0 saturated carbocycles. The Morgan fingerprint density at radius 1 is 1.41 bits per heavy atom. The first-order valence-corrected chi connectivity index (χ1v) is 8.14. The zero-order chi connectivity index (χ0) is 15.5. The first-order valence-electron chi connectivity index (χ1n) is 7.32. The second kappa shape index (κ2) is 6.41. The van der Waals surface area contributed by atoms with Crippen LogP contribution in [0.1, 0.15) is 30.3 Å². The molecule has 22 heavy (non-hydrogen) atoms. The Morgan fingerprint density at radius 2 is 2.23 bits per heavy atom. The van der Waals surface area contributed by atoms with E-state index in [0.717, 1.165) is 29.9 Å². The summed E-state index contributed by atoms with van der Waals surface area (Å²) in [6.45, 7) is 1.56. The van der Waals surface area contributed by atoms with Crippen LogP contribution in [0.3, 0.4) is 0 Å². The van der Waals surface area contributed by atoms with Crippen LogP contribution in [-0.4, -0.2) is 34.9 Å². The smallest absolute Gasteiger partial charge is 0.318 e. The number of thiazole rings is 1. The summed E-state index contributed by atoms with van der Waals surface area (Å²) < 4.78 is 1.19. The summed E-state index contributed by atoms with van der Waals surface area (Å²) in [4.78, 5) is 29.2. The topological polar surface area (TPSA) is 88.3 Å². The van der Waals surface area contributed by atoms with Gasteiger partial charge in [-0.3, -0.25) is 15.0 Å². The molecule has 0 bridgehead atoms. The van der Waals surface area contributed by atoms with E-state index in [4.69, 9.17) is 10.7 Å². The van der Waals surface area contributed by atoms with Crippen molar-refractivity contribution in [2.75, 3.05) is 13.1 Å². The highest BCUT2D eigenvalue weighted by Crippen LogP contribution is 2.36. The standard InChI is InChI=1S/C15H18N4O2S/c16-15(21)18-13(20)7-9-19-8-3-5-11(19)14-17-10-4-1-2-6-12(10)22-14/h1-2,4,6,11H,3,5,7-9H2,(H3,16,18,20,21). The Hall–Kier alpha value is -1.99. The van der Waals surface area contributed by atoms with Gasteiger partial charge in [0.1, 0.15) is 5.01 Å². The number of imide groups is 1. The van der Waals surface area contributed by atoms with Crippen LogP contribution in [-0.2, 0) is 4.79 Å². The van der Waals surface area contributed by atoms with Crippen LogP contribution in [0.5, 0.6) is 0 Å². The Bertz CT molecular complexity index is 667. The van der Waals surface area contributed by atoms with Crippen molar-refractivity contribution in [2.24, 2.45) is 5.73 Å². The second-order valence-corrected chi connectivity index (χ2v) is 6.44. The molecule has 2 heterocycles. The summed E-state index contributed by atoms with van der Waals surface area (Å²) in [5.74, 6) is -0.331. The monoisotopic (exact) mass is 318 g/mol. The summed E-state index contributed by atoms with van der Waals surface area (Å²) in [5, 5.41) is 3.21. The van der Waals surface area contributed by atoms with Crippen molar-refractivity contribution >= 4 is 33.5 Å². The number of amides is 3. The molecule has 0 radical (unpaired) electrons. The number of nitrogens with zero attached hydrogens (tertiary/aromatic N) is 2. The lowest BCUT2D eigenvalue weighted by Crippen LogP contribution is -2.37. The van der Waals surface area contributed by atoms with Gasteiger partial charge in [0.15, 0.2) is 0 Å². The summed E-state index contributed by atoms with van der Waals surface area (Å²) in [7, 11) is 0. The van der Waals surface area contributed by atoms with Gasteiger partial charge in [-0.15, -0.1) is 11.3 Å². The van der Waals surface area contributed by atoms with E-state index in [-0.39, 0.29) is 18.4 Å². The van der Waals surface area contributed by atoms with E-state index in [2.05, 4.69) is 16.3 Å². The quantitative estimate of drug-likeness (QED) is 0.902. The van der Waals surface area contributed by atoms with Crippen LogP contribution in [0, 0.1) is 0 Å². The Labute approximate surface area is 132 Å². The number of fused-ring (bicyclic) bond motifs is 1. The molecular formula is C15H18N4O2S. The van der Waals surface area contributed by atoms with Gasteiger partial charge in [-0.05, 0) is 31.5 Å². The van der Waals surface area contributed by atoms with Crippen LogP contribution in [0.4, 0.5) is 4.79 Å². The van der Waals surface area contributed by atoms with Crippen LogP contribution >= 0.6 is 11.3 Å². The average molecular weight is 318 g/mol. The number of likely N-dealkylation sites (tertiary alicyclic amines) is 1. The third-order valence-electron chi connectivity index (χ3n) is 3.85. The molecular weight excluding hydrogens is 300 g/mol. The molecule has 2 aromatic rings. The summed E-state index contributed by atoms with van der Waals surface area (Å²) in [6, 6.07) is 7.58. The van der Waals surface area contributed by atoms with Crippen LogP contribution < -0.4 is 11.1 Å². The molecule has 1 aromatic carbocycles. The van der Waals surface area contributed by atoms with Crippen molar-refractivity contribution in [1.29, 1.82) is 0 Å². The van der Waals surface area contributed by atoms with Gasteiger partial charge in [0.05, 0.1) is 16.3 Å². The number of carbonyl (C=O) groups excluding carboxylic acids is 2. The van der Waals surface area contributed by atoms with Crippen molar-refractivity contribution in [2.45, 2.75) is 25.3 Å². The van der Waals surface area contributed by atoms with Gasteiger partial charge in [-0.1, -0.05) is 12.1 Å². The Kier molecular flexibility index (Phi) is 4.35. The molecule has 0 spiro atoms. The zero-order valence-electron chi connectivity index (χ0n) is 12.1. The molecule has 3 amide bonds. The lowest BCUT2D eigenvalue weighted by Gasteiger charge is -2.22. The largest absolute Gasteiger partial charge is 0.351 e. The van der Waals surface area contributed by atoms with Crippen molar-refractivity contribution in [1.82, 2.24) is 15.2 Å². The third-order valence-corrected chi connectivity index (χ3v) is 4.99. The number of primary amides is 1. The Morgan fingerprint density at radius 3 is 3.00 bits per heavy atom. The fourth-order valence-corrected chi connectivity index (χ4v) is 3.99. The third kappa shape index (κ3) is 3.26. The number of urea groups is 1. The molecule has 1 aliphatic heterocycles. The van der Waals surface area contributed by atoms with Crippen molar-refractivity contribution in [3.05, 3.63) is 29.3 Å². The van der Waals surface area contributed by atoms with Gasteiger partial charge < -0.3 is 5.73 Å². The molecule has 7 heteroatoms. The minimum Gasteiger partial charge on any atom is -0.351 e. The van der Waals surface area contributed by atoms with Gasteiger partial charge in [0.2, 0.25) is 5.91 Å². The van der Waals surface area contributed by atoms with Crippen molar-refractivity contribution in [3.63, 3.8) is 0 Å². The van der Waals surface area contributed by atoms with E-state index in [1.807, 2.05) is 18.2 Å². The van der Waals surface area contributed by atoms with E-state index in [9.17, 15) is 9.59 Å². The summed E-state index contributed by atoms with van der Waals surface area (Å²) in [5.41, 5.74) is 5.97. The average Bonchev–Trinajstić information content (AvgIpc) is 3.10. The summed E-state index contributed by atoms with van der Waals surface area (Å²) >= 11 is 1.72. The number of aromatic nitrogens is 1. The first kappa shape index (κ1) is 14.9. The molecule has 1 aliphatic rings. The SMILES string of the molecule is NC(=O)NC(=O)CCN1CCCC1c1nc2ccccc2s1. The molecule has 3 rings (SSSR count). The number of rotatable bonds is 4. The molecule has 1 aromatic heterocycles. The van der Waals surface area contributed by atoms with Gasteiger partial charge in [-0.2, -0.15) is 0 Å². The van der Waals surface area contributed by atoms with Gasteiger partial charge in [0, 0.05) is 13.0 Å². The fraction of sp³-hybridized carbons (Fsp3) is 0.400. The molecule has 1 atom stereocenters. The minimum absolute atomic E-state index is 0.263. The lowest BCUT2D eigenvalue weighted by atomic mass is 10.2. The van der Waals surface area contributed by atoms with E-state index >= 15 is 0 Å². The first-order chi connectivity index (χ1) is 10.6. The van der Waals surface area contributed by atoms with Crippen molar-refractivity contribution in [3.8, 4) is 0 Å². The number of hydrogen-bond donors (Lipinski definition) is 2. The van der Waals surface area contributed by atoms with E-state index in [1.54, 1.807) is 11.3 Å². The molecule has 116 valence electrons. The highest BCUT2D eigenvalue weighted by atomic mass is 32.1. The lowest BCUT2D eigenvalue weighted by molar-refractivity contribution is -0.120. The predicted octanol–water partition coefficient (Wildman–Crippen LogP) is 2.02. The van der Waals surface area contributed by atoms with Crippen LogP contribution in [0.25, 0.3) is 10.2 Å². The highest BCUT2D eigenvalue weighted by Gasteiger charge is 2.28. The number of carbonyl (C=O) groups is 2. The van der Waals surface area contributed by atoms with Crippen molar-refractivity contribution < 1.29 is 9.59 Å². The number of hydrogen-bond acceptors (Lipinski definition) is 5. The maximum atomic E-state index is 11.5. The number of nitrogens with two attached hydrogens (primary N) is 1. The molecule has 1 fully saturated rings. The van der Waals surface area contributed by atoms with Gasteiger partial charge in [0.25, 0.3) is 0 Å². The van der Waals surface area contributed by atoms with Crippen LogP contribution in [0.2, 0.25) is 0 Å². The van der Waals surface area contributed by atoms with E-state index in [1.165, 1.54) is 4.70 Å². The molecule has 6 nitrogen and oxygen atoms in total. The number of para-hydroxylation sites is 1. The minimum atomic E-state index is -0.797. The predicted molar refractivity (Wildman–Crippen MR) is 85.5 cm³/mol. The normalized spacial score (nSPS) is 18.6. The number of nitrogens with one attached hydrogen (secondary N) is 1. The highest BCUT2D eigenvalue weighted by molar-refractivity contribution is 7.18. The van der Waals surface area contributed by atoms with E-state index < -0.39 is 6.03 Å². The van der Waals surface area contributed by atoms with Gasteiger partial charge in [-0.25, -0.2) is 9.78 Å². The molecule has 1 unspecified atom stereocenters. The molecule has 1 saturated heterocycles. The van der Waals surface area contributed by atoms with Gasteiger partial charge >= 0.3 is 6.03 Å². The fourth-order valence-electron chi connectivity index (χ4n) is 2.85. The zero-order valence-corrected chi connectivity index (χ0v) is 12.9. The molecule has 0 aliphatic carbocycles. The maximum absolute atomic E-state index is 11.5. The van der Waals surface area contributed by atoms with Crippen LogP contribution in [0.15, 0.2) is 24.3 Å². The Balaban J connectivity index is 1.67. The maximum Gasteiger partial charge on any atom is 0.318 e. The molecule has 3 N–H and O–H groups in total. The van der Waals surface area contributed by atoms with E-state index in [0.29, 0.717) is 6.54 Å². The summed E-state index contributed by atoms with van der Waals surface area (Å²) in [6.07, 6.45) is 2.42. The second-order valence-electron chi connectivity index (χ2n) is 5.38.